The number of ether oxygens (including phenoxy) is 1. The van der Waals surface area contributed by atoms with Gasteiger partial charge in [-0.1, -0.05) is 91.9 Å². The highest BCUT2D eigenvalue weighted by molar-refractivity contribution is 5.43. The molecule has 0 amide bonds. The van der Waals surface area contributed by atoms with Gasteiger partial charge in [-0.15, -0.1) is 0 Å². The number of hydrogen-bond acceptors (Lipinski definition) is 3. The van der Waals surface area contributed by atoms with Crippen molar-refractivity contribution >= 4 is 0 Å². The summed E-state index contributed by atoms with van der Waals surface area (Å²) in [5.74, 6) is -0.105. The molecule has 2 unspecified atom stereocenters. The first kappa shape index (κ1) is 20.8. The Labute approximate surface area is 179 Å². The quantitative estimate of drug-likeness (QED) is 0.628. The van der Waals surface area contributed by atoms with Crippen LogP contribution in [0.4, 0.5) is 0 Å². The van der Waals surface area contributed by atoms with Gasteiger partial charge < -0.3 is 9.84 Å². The Morgan fingerprint density at radius 1 is 0.833 bits per heavy atom. The van der Waals surface area contributed by atoms with Crippen molar-refractivity contribution in [2.45, 2.75) is 24.9 Å². The third kappa shape index (κ3) is 4.34. The Morgan fingerprint density at radius 2 is 1.40 bits per heavy atom. The Bertz CT molecular complexity index is 905. The smallest absolute Gasteiger partial charge is 0.123 e. The highest BCUT2D eigenvalue weighted by Crippen LogP contribution is 2.43. The van der Waals surface area contributed by atoms with Crippen LogP contribution in [0.25, 0.3) is 0 Å². The van der Waals surface area contributed by atoms with Crippen molar-refractivity contribution in [1.82, 2.24) is 4.90 Å². The SMILES string of the molecule is CCc1ccc(C(O)(c2ccccc2)C(CN2CCOCC2)c2ccccc2)cc1. The summed E-state index contributed by atoms with van der Waals surface area (Å²) >= 11 is 0. The lowest BCUT2D eigenvalue weighted by atomic mass is 9.72. The summed E-state index contributed by atoms with van der Waals surface area (Å²) in [6.45, 7) is 6.21. The van der Waals surface area contributed by atoms with Crippen LogP contribution in [-0.2, 0) is 16.8 Å². The minimum atomic E-state index is -1.13. The molecule has 0 spiro atoms. The van der Waals surface area contributed by atoms with Crippen molar-refractivity contribution in [3.8, 4) is 0 Å². The highest BCUT2D eigenvalue weighted by atomic mass is 16.5. The molecule has 3 aromatic carbocycles. The molecule has 0 aliphatic carbocycles. The summed E-state index contributed by atoms with van der Waals surface area (Å²) in [4.78, 5) is 2.41. The first-order valence-corrected chi connectivity index (χ1v) is 10.9. The fourth-order valence-corrected chi connectivity index (χ4v) is 4.46. The number of benzene rings is 3. The van der Waals surface area contributed by atoms with E-state index >= 15 is 0 Å². The summed E-state index contributed by atoms with van der Waals surface area (Å²) in [6.07, 6.45) is 0.986. The van der Waals surface area contributed by atoms with Crippen molar-refractivity contribution in [3.05, 3.63) is 107 Å². The van der Waals surface area contributed by atoms with Crippen LogP contribution in [0.2, 0.25) is 0 Å². The van der Waals surface area contributed by atoms with Crippen molar-refractivity contribution < 1.29 is 9.84 Å². The second-order valence-electron chi connectivity index (χ2n) is 8.06. The lowest BCUT2D eigenvalue weighted by Crippen LogP contribution is -2.45. The molecule has 4 rings (SSSR count). The molecule has 0 radical (unpaired) electrons. The maximum atomic E-state index is 12.5. The van der Waals surface area contributed by atoms with Crippen molar-refractivity contribution in [2.24, 2.45) is 0 Å². The maximum Gasteiger partial charge on any atom is 0.123 e. The minimum Gasteiger partial charge on any atom is -0.380 e. The molecule has 3 aromatic rings. The minimum absolute atomic E-state index is 0.105. The van der Waals surface area contributed by atoms with E-state index in [0.29, 0.717) is 0 Å². The van der Waals surface area contributed by atoms with Gasteiger partial charge in [0.25, 0.3) is 0 Å². The number of aryl methyl sites for hydroxylation is 1. The third-order valence-corrected chi connectivity index (χ3v) is 6.27. The normalized spacial score (nSPS) is 17.9. The molecule has 0 saturated carbocycles. The van der Waals surface area contributed by atoms with Crippen LogP contribution < -0.4 is 0 Å². The molecule has 3 nitrogen and oxygen atoms in total. The van der Waals surface area contributed by atoms with E-state index < -0.39 is 5.60 Å². The van der Waals surface area contributed by atoms with Crippen LogP contribution in [0.3, 0.4) is 0 Å². The molecule has 1 saturated heterocycles. The van der Waals surface area contributed by atoms with Gasteiger partial charge in [0.05, 0.1) is 13.2 Å². The van der Waals surface area contributed by atoms with Gasteiger partial charge in [-0.05, 0) is 28.7 Å². The predicted octanol–water partition coefficient (Wildman–Crippen LogP) is 4.60. The van der Waals surface area contributed by atoms with E-state index in [1.807, 2.05) is 36.4 Å². The Kier molecular flexibility index (Phi) is 6.63. The fraction of sp³-hybridized carbons (Fsp3) is 0.333. The van der Waals surface area contributed by atoms with Gasteiger partial charge in [0, 0.05) is 25.6 Å². The van der Waals surface area contributed by atoms with Crippen LogP contribution in [0.15, 0.2) is 84.9 Å². The van der Waals surface area contributed by atoms with Gasteiger partial charge >= 0.3 is 0 Å². The zero-order chi connectivity index (χ0) is 20.8. The molecule has 1 aliphatic heterocycles. The average molecular weight is 402 g/mol. The van der Waals surface area contributed by atoms with Crippen LogP contribution >= 0.6 is 0 Å². The van der Waals surface area contributed by atoms with Gasteiger partial charge in [0.1, 0.15) is 5.60 Å². The van der Waals surface area contributed by atoms with E-state index in [-0.39, 0.29) is 5.92 Å². The predicted molar refractivity (Wildman–Crippen MR) is 122 cm³/mol. The van der Waals surface area contributed by atoms with Gasteiger partial charge in [-0.3, -0.25) is 4.90 Å². The van der Waals surface area contributed by atoms with Gasteiger partial charge in [-0.25, -0.2) is 0 Å². The molecular weight excluding hydrogens is 370 g/mol. The first-order valence-electron chi connectivity index (χ1n) is 10.9. The lowest BCUT2D eigenvalue weighted by molar-refractivity contribution is 0.000763. The van der Waals surface area contributed by atoms with Crippen LogP contribution in [0.1, 0.15) is 35.1 Å². The number of nitrogens with zero attached hydrogens (tertiary/aromatic N) is 1. The largest absolute Gasteiger partial charge is 0.380 e. The van der Waals surface area contributed by atoms with Gasteiger partial charge in [0.2, 0.25) is 0 Å². The molecule has 30 heavy (non-hydrogen) atoms. The zero-order valence-corrected chi connectivity index (χ0v) is 17.7. The topological polar surface area (TPSA) is 32.7 Å². The average Bonchev–Trinajstić information content (AvgIpc) is 2.84. The molecule has 1 heterocycles. The second-order valence-corrected chi connectivity index (χ2v) is 8.06. The summed E-state index contributed by atoms with van der Waals surface area (Å²) in [5.41, 5.74) is 3.16. The molecule has 1 aliphatic rings. The summed E-state index contributed by atoms with van der Waals surface area (Å²) in [5, 5.41) is 12.5. The monoisotopic (exact) mass is 401 g/mol. The lowest BCUT2D eigenvalue weighted by Gasteiger charge is -2.41. The van der Waals surface area contributed by atoms with E-state index in [9.17, 15) is 5.11 Å². The number of rotatable bonds is 7. The summed E-state index contributed by atoms with van der Waals surface area (Å²) < 4.78 is 5.56. The highest BCUT2D eigenvalue weighted by Gasteiger charge is 2.42. The Hall–Kier alpha value is -2.46. The van der Waals surface area contributed by atoms with E-state index in [2.05, 4.69) is 60.4 Å². The molecule has 2 atom stereocenters. The Balaban J connectivity index is 1.83. The first-order chi connectivity index (χ1) is 14.7. The number of aliphatic hydroxyl groups is 1. The fourth-order valence-electron chi connectivity index (χ4n) is 4.46. The van der Waals surface area contributed by atoms with Crippen LogP contribution in [-0.4, -0.2) is 42.9 Å². The summed E-state index contributed by atoms with van der Waals surface area (Å²) in [6, 6.07) is 29.0. The zero-order valence-electron chi connectivity index (χ0n) is 17.7. The number of hydrogen-bond donors (Lipinski definition) is 1. The van der Waals surface area contributed by atoms with Crippen molar-refractivity contribution in [3.63, 3.8) is 0 Å². The van der Waals surface area contributed by atoms with E-state index in [4.69, 9.17) is 4.74 Å². The molecular formula is C27H31NO2. The van der Waals surface area contributed by atoms with E-state index in [1.54, 1.807) is 0 Å². The van der Waals surface area contributed by atoms with Crippen LogP contribution in [0, 0.1) is 0 Å². The Morgan fingerprint density at radius 3 is 2.00 bits per heavy atom. The van der Waals surface area contributed by atoms with Crippen molar-refractivity contribution in [2.75, 3.05) is 32.8 Å². The third-order valence-electron chi connectivity index (χ3n) is 6.27. The number of morpholine rings is 1. The molecule has 3 heteroatoms. The summed E-state index contributed by atoms with van der Waals surface area (Å²) in [7, 11) is 0. The molecule has 1 N–H and O–H groups in total. The molecule has 156 valence electrons. The molecule has 1 fully saturated rings. The van der Waals surface area contributed by atoms with Crippen molar-refractivity contribution in [1.29, 1.82) is 0 Å². The molecule has 0 aromatic heterocycles. The second kappa shape index (κ2) is 9.57. The van der Waals surface area contributed by atoms with E-state index in [0.717, 1.165) is 56.0 Å². The standard InChI is InChI=1S/C27H31NO2/c1-2-22-13-15-25(16-14-22)27(29,24-11-7-4-8-12-24)26(23-9-5-3-6-10-23)21-28-17-19-30-20-18-28/h3-16,26,29H,2,17-21H2,1H3. The van der Waals surface area contributed by atoms with Gasteiger partial charge in [-0.2, -0.15) is 0 Å². The molecule has 0 bridgehead atoms. The van der Waals surface area contributed by atoms with E-state index in [1.165, 1.54) is 5.56 Å². The van der Waals surface area contributed by atoms with Crippen LogP contribution in [0.5, 0.6) is 0 Å². The van der Waals surface area contributed by atoms with Gasteiger partial charge in [0.15, 0.2) is 0 Å². The maximum absolute atomic E-state index is 12.5.